The third kappa shape index (κ3) is 2.09. The number of para-hydroxylation sites is 1. The highest BCUT2D eigenvalue weighted by Gasteiger charge is 2.29. The standard InChI is InChI=1S/C13H15N3O2/c17-13-10-12(15-6-8-18-9-7-15)14-16(13)11-4-2-1-3-5-11/h1-5H,6-10H2. The average Bonchev–Trinajstić information content (AvgIpc) is 2.83. The molecule has 0 N–H and O–H groups in total. The summed E-state index contributed by atoms with van der Waals surface area (Å²) in [5.41, 5.74) is 0.825. The predicted molar refractivity (Wildman–Crippen MR) is 68.4 cm³/mol. The first-order valence-electron chi connectivity index (χ1n) is 6.13. The fraction of sp³-hybridized carbons (Fsp3) is 0.385. The molecule has 0 bridgehead atoms. The van der Waals surface area contributed by atoms with E-state index in [0.29, 0.717) is 19.6 Å². The maximum atomic E-state index is 12.0. The molecule has 94 valence electrons. The highest BCUT2D eigenvalue weighted by atomic mass is 16.5. The lowest BCUT2D eigenvalue weighted by molar-refractivity contribution is -0.117. The van der Waals surface area contributed by atoms with Crippen LogP contribution in [0.1, 0.15) is 6.42 Å². The maximum absolute atomic E-state index is 12.0. The van der Waals surface area contributed by atoms with E-state index in [-0.39, 0.29) is 5.91 Å². The van der Waals surface area contributed by atoms with E-state index in [4.69, 9.17) is 4.74 Å². The van der Waals surface area contributed by atoms with Gasteiger partial charge in [-0.2, -0.15) is 10.1 Å². The molecule has 1 aromatic carbocycles. The van der Waals surface area contributed by atoms with E-state index in [0.717, 1.165) is 24.6 Å². The summed E-state index contributed by atoms with van der Waals surface area (Å²) < 4.78 is 5.30. The number of carbonyl (C=O) groups excluding carboxylic acids is 1. The van der Waals surface area contributed by atoms with Crippen molar-refractivity contribution in [2.75, 3.05) is 31.3 Å². The summed E-state index contributed by atoms with van der Waals surface area (Å²) in [7, 11) is 0. The Balaban J connectivity index is 1.80. The Morgan fingerprint density at radius 2 is 1.83 bits per heavy atom. The minimum atomic E-state index is 0.0303. The zero-order chi connectivity index (χ0) is 12.4. The minimum Gasteiger partial charge on any atom is -0.378 e. The van der Waals surface area contributed by atoms with Gasteiger partial charge in [0, 0.05) is 13.1 Å². The van der Waals surface area contributed by atoms with Gasteiger partial charge >= 0.3 is 0 Å². The van der Waals surface area contributed by atoms with E-state index in [9.17, 15) is 4.79 Å². The number of morpholine rings is 1. The summed E-state index contributed by atoms with van der Waals surface area (Å²) >= 11 is 0. The number of rotatable bonds is 1. The van der Waals surface area contributed by atoms with Crippen molar-refractivity contribution in [2.45, 2.75) is 6.42 Å². The molecule has 0 saturated carbocycles. The summed E-state index contributed by atoms with van der Waals surface area (Å²) in [4.78, 5) is 14.1. The van der Waals surface area contributed by atoms with Crippen LogP contribution >= 0.6 is 0 Å². The number of hydrogen-bond donors (Lipinski definition) is 0. The van der Waals surface area contributed by atoms with Crippen LogP contribution in [0.2, 0.25) is 0 Å². The summed E-state index contributed by atoms with van der Waals surface area (Å²) in [6, 6.07) is 9.53. The average molecular weight is 245 g/mol. The molecule has 1 amide bonds. The molecule has 0 aliphatic carbocycles. The molecule has 1 fully saturated rings. The van der Waals surface area contributed by atoms with Gasteiger partial charge in [0.1, 0.15) is 5.84 Å². The van der Waals surface area contributed by atoms with Crippen molar-refractivity contribution in [1.82, 2.24) is 4.90 Å². The first kappa shape index (κ1) is 11.2. The lowest BCUT2D eigenvalue weighted by Crippen LogP contribution is -2.40. The van der Waals surface area contributed by atoms with Gasteiger partial charge in [0.15, 0.2) is 0 Å². The molecule has 0 atom stereocenters. The van der Waals surface area contributed by atoms with Gasteiger partial charge in [-0.25, -0.2) is 0 Å². The van der Waals surface area contributed by atoms with Crippen LogP contribution in [-0.4, -0.2) is 42.9 Å². The lowest BCUT2D eigenvalue weighted by Gasteiger charge is -2.27. The van der Waals surface area contributed by atoms with Gasteiger partial charge in [0.2, 0.25) is 0 Å². The van der Waals surface area contributed by atoms with Crippen LogP contribution in [0.4, 0.5) is 5.69 Å². The van der Waals surface area contributed by atoms with Crippen molar-refractivity contribution in [3.8, 4) is 0 Å². The van der Waals surface area contributed by atoms with Crippen molar-refractivity contribution in [1.29, 1.82) is 0 Å². The van der Waals surface area contributed by atoms with Crippen molar-refractivity contribution in [3.05, 3.63) is 30.3 Å². The Labute approximate surface area is 106 Å². The fourth-order valence-corrected chi connectivity index (χ4v) is 2.18. The number of nitrogens with zero attached hydrogens (tertiary/aromatic N) is 3. The smallest absolute Gasteiger partial charge is 0.255 e. The number of anilines is 1. The molecule has 0 radical (unpaired) electrons. The summed E-state index contributed by atoms with van der Waals surface area (Å²) in [5, 5.41) is 5.92. The Kier molecular flexibility index (Phi) is 2.98. The first-order valence-corrected chi connectivity index (χ1v) is 6.13. The first-order chi connectivity index (χ1) is 8.84. The highest BCUT2D eigenvalue weighted by Crippen LogP contribution is 2.21. The number of amides is 1. The van der Waals surface area contributed by atoms with Gasteiger partial charge in [-0.15, -0.1) is 0 Å². The molecule has 1 saturated heterocycles. The predicted octanol–water partition coefficient (Wildman–Crippen LogP) is 1.07. The molecule has 2 aliphatic rings. The Hall–Kier alpha value is -1.88. The van der Waals surface area contributed by atoms with Crippen LogP contribution in [0.15, 0.2) is 35.4 Å². The molecule has 0 aromatic heterocycles. The van der Waals surface area contributed by atoms with Crippen LogP contribution in [0.5, 0.6) is 0 Å². The normalized spacial score (nSPS) is 20.2. The van der Waals surface area contributed by atoms with E-state index >= 15 is 0 Å². The molecular formula is C13H15N3O2. The van der Waals surface area contributed by atoms with E-state index in [2.05, 4.69) is 10.0 Å². The third-order valence-corrected chi connectivity index (χ3v) is 3.14. The largest absolute Gasteiger partial charge is 0.378 e. The molecule has 0 unspecified atom stereocenters. The summed E-state index contributed by atoms with van der Waals surface area (Å²) in [5.74, 6) is 0.884. The second kappa shape index (κ2) is 4.78. The van der Waals surface area contributed by atoms with Crippen LogP contribution in [-0.2, 0) is 9.53 Å². The van der Waals surface area contributed by atoms with Crippen LogP contribution in [0, 0.1) is 0 Å². The van der Waals surface area contributed by atoms with Gasteiger partial charge < -0.3 is 9.64 Å². The van der Waals surface area contributed by atoms with Crippen molar-refractivity contribution in [3.63, 3.8) is 0 Å². The molecule has 18 heavy (non-hydrogen) atoms. The number of hydrazone groups is 1. The van der Waals surface area contributed by atoms with Crippen LogP contribution in [0.3, 0.4) is 0 Å². The Morgan fingerprint density at radius 3 is 2.56 bits per heavy atom. The molecular weight excluding hydrogens is 230 g/mol. The van der Waals surface area contributed by atoms with Gasteiger partial charge in [-0.1, -0.05) is 18.2 Å². The number of carbonyl (C=O) groups is 1. The number of ether oxygens (including phenoxy) is 1. The summed E-state index contributed by atoms with van der Waals surface area (Å²) in [6.45, 7) is 3.04. The van der Waals surface area contributed by atoms with Gasteiger partial charge in [-0.3, -0.25) is 4.79 Å². The SMILES string of the molecule is O=C1CC(N2CCOCC2)=NN1c1ccccc1. The van der Waals surface area contributed by atoms with E-state index in [1.807, 2.05) is 30.3 Å². The number of hydrogen-bond acceptors (Lipinski definition) is 4. The van der Waals surface area contributed by atoms with Crippen molar-refractivity contribution >= 4 is 17.4 Å². The van der Waals surface area contributed by atoms with Crippen molar-refractivity contribution in [2.24, 2.45) is 5.10 Å². The van der Waals surface area contributed by atoms with E-state index < -0.39 is 0 Å². The highest BCUT2D eigenvalue weighted by molar-refractivity contribution is 6.12. The molecule has 2 aliphatic heterocycles. The third-order valence-electron chi connectivity index (χ3n) is 3.14. The van der Waals surface area contributed by atoms with E-state index in [1.165, 1.54) is 5.01 Å². The maximum Gasteiger partial charge on any atom is 0.255 e. The Morgan fingerprint density at radius 1 is 1.11 bits per heavy atom. The van der Waals surface area contributed by atoms with Gasteiger partial charge in [0.25, 0.3) is 5.91 Å². The minimum absolute atomic E-state index is 0.0303. The molecule has 5 heteroatoms. The topological polar surface area (TPSA) is 45.1 Å². The molecule has 5 nitrogen and oxygen atoms in total. The zero-order valence-corrected chi connectivity index (χ0v) is 10.1. The molecule has 3 rings (SSSR count). The second-order valence-electron chi connectivity index (χ2n) is 4.33. The number of benzene rings is 1. The molecule has 0 spiro atoms. The van der Waals surface area contributed by atoms with Crippen LogP contribution in [0.25, 0.3) is 0 Å². The molecule has 1 aromatic rings. The quantitative estimate of drug-likeness (QED) is 0.743. The van der Waals surface area contributed by atoms with Gasteiger partial charge in [-0.05, 0) is 12.1 Å². The van der Waals surface area contributed by atoms with Gasteiger partial charge in [0.05, 0.1) is 25.3 Å². The second-order valence-corrected chi connectivity index (χ2v) is 4.33. The lowest BCUT2D eigenvalue weighted by atomic mass is 10.3. The van der Waals surface area contributed by atoms with E-state index in [1.54, 1.807) is 0 Å². The monoisotopic (exact) mass is 245 g/mol. The van der Waals surface area contributed by atoms with Crippen molar-refractivity contribution < 1.29 is 9.53 Å². The zero-order valence-electron chi connectivity index (χ0n) is 10.1. The van der Waals surface area contributed by atoms with Crippen LogP contribution < -0.4 is 5.01 Å². The Bertz CT molecular complexity index is 466. The summed E-state index contributed by atoms with van der Waals surface area (Å²) in [6.07, 6.45) is 0.384. The number of amidine groups is 1. The molecule has 2 heterocycles. The fourth-order valence-electron chi connectivity index (χ4n) is 2.18.